The number of nitrogens with zero attached hydrogens (tertiary/aromatic N) is 3. The maximum atomic E-state index is 13.6. The predicted octanol–water partition coefficient (Wildman–Crippen LogP) is 7.49. The minimum atomic E-state index is -0.547. The van der Waals surface area contributed by atoms with Gasteiger partial charge in [-0.1, -0.05) is 35.3 Å². The lowest BCUT2D eigenvalue weighted by Crippen LogP contribution is -2.20. The van der Waals surface area contributed by atoms with E-state index < -0.39 is 11.5 Å². The second kappa shape index (κ2) is 12.6. The van der Waals surface area contributed by atoms with Crippen LogP contribution in [-0.4, -0.2) is 41.2 Å². The predicted molar refractivity (Wildman–Crippen MR) is 166 cm³/mol. The number of rotatable bonds is 9. The van der Waals surface area contributed by atoms with E-state index in [1.807, 2.05) is 0 Å². The van der Waals surface area contributed by atoms with Gasteiger partial charge in [0, 0.05) is 20.4 Å². The number of benzene rings is 3. The monoisotopic (exact) mass is 671 g/mol. The molecule has 2 aromatic heterocycles. The molecule has 3 aromatic carbocycles. The molecule has 0 N–H and O–H groups in total. The van der Waals surface area contributed by atoms with Crippen LogP contribution in [0.2, 0.25) is 10.0 Å². The van der Waals surface area contributed by atoms with Crippen LogP contribution in [0.3, 0.4) is 0 Å². The third kappa shape index (κ3) is 6.16. The Hall–Kier alpha value is -3.86. The van der Waals surface area contributed by atoms with Gasteiger partial charge in [-0.3, -0.25) is 4.79 Å². The zero-order valence-electron chi connectivity index (χ0n) is 22.7. The Kier molecular flexibility index (Phi) is 8.86. The fraction of sp³-hybridized carbons (Fsp3) is 0.200. The highest BCUT2D eigenvalue weighted by atomic mass is 79.9. The second-order valence-electron chi connectivity index (χ2n) is 9.29. The Bertz CT molecular complexity index is 1900. The summed E-state index contributed by atoms with van der Waals surface area (Å²) in [6.07, 6.45) is 1.15. The van der Waals surface area contributed by atoms with Crippen molar-refractivity contribution in [3.63, 3.8) is 0 Å². The summed E-state index contributed by atoms with van der Waals surface area (Å²) in [5, 5.41) is 6.33. The van der Waals surface area contributed by atoms with Gasteiger partial charge < -0.3 is 18.6 Å². The SMILES string of the molecule is CCOc1cc(C=Nn2c(-c3cc4cc(Cl)ccc4o3)nc3ccccc3c2=O)c(Br)c(Cl)c1OCC(=O)OC(C)C. The van der Waals surface area contributed by atoms with E-state index in [1.165, 1.54) is 6.21 Å². The van der Waals surface area contributed by atoms with Gasteiger partial charge in [0.05, 0.1) is 29.8 Å². The average Bonchev–Trinajstić information content (AvgIpc) is 3.37. The Morgan fingerprint density at radius 2 is 1.93 bits per heavy atom. The smallest absolute Gasteiger partial charge is 0.344 e. The molecule has 216 valence electrons. The largest absolute Gasteiger partial charge is 0.490 e. The van der Waals surface area contributed by atoms with Gasteiger partial charge in [-0.05, 0) is 79.2 Å². The summed E-state index contributed by atoms with van der Waals surface area (Å²) in [6, 6.07) is 15.6. The van der Waals surface area contributed by atoms with E-state index in [2.05, 4.69) is 21.0 Å². The number of hydrogen-bond acceptors (Lipinski definition) is 8. The Morgan fingerprint density at radius 3 is 2.69 bits per heavy atom. The first-order valence-corrected chi connectivity index (χ1v) is 14.4. The van der Waals surface area contributed by atoms with Gasteiger partial charge in [-0.25, -0.2) is 9.78 Å². The van der Waals surface area contributed by atoms with E-state index in [1.54, 1.807) is 75.4 Å². The topological polar surface area (TPSA) is 105 Å². The van der Waals surface area contributed by atoms with Crippen LogP contribution in [0.15, 0.2) is 73.4 Å². The second-order valence-corrected chi connectivity index (χ2v) is 10.9. The molecule has 0 radical (unpaired) electrons. The van der Waals surface area contributed by atoms with Crippen LogP contribution in [0.4, 0.5) is 0 Å². The number of carbonyl (C=O) groups is 1. The van der Waals surface area contributed by atoms with Crippen molar-refractivity contribution < 1.29 is 23.4 Å². The van der Waals surface area contributed by atoms with Gasteiger partial charge in [-0.2, -0.15) is 9.78 Å². The van der Waals surface area contributed by atoms with Crippen LogP contribution in [0.5, 0.6) is 11.5 Å². The molecule has 0 fully saturated rings. The summed E-state index contributed by atoms with van der Waals surface area (Å²) in [5.41, 5.74) is 1.14. The molecule has 12 heteroatoms. The van der Waals surface area contributed by atoms with Crippen molar-refractivity contribution in [1.82, 2.24) is 9.66 Å². The summed E-state index contributed by atoms with van der Waals surface area (Å²) >= 11 is 16.3. The fourth-order valence-corrected chi connectivity index (χ4v) is 4.99. The van der Waals surface area contributed by atoms with E-state index >= 15 is 0 Å². The number of esters is 1. The molecule has 0 aliphatic heterocycles. The first kappa shape index (κ1) is 29.6. The van der Waals surface area contributed by atoms with E-state index in [4.69, 9.17) is 46.8 Å². The van der Waals surface area contributed by atoms with Crippen LogP contribution in [-0.2, 0) is 9.53 Å². The van der Waals surface area contributed by atoms with E-state index in [9.17, 15) is 9.59 Å². The van der Waals surface area contributed by atoms with Crippen LogP contribution in [0.1, 0.15) is 26.3 Å². The third-order valence-corrected chi connectivity index (χ3v) is 7.60. The molecule has 5 aromatic rings. The fourth-order valence-electron chi connectivity index (χ4n) is 4.16. The van der Waals surface area contributed by atoms with Crippen molar-refractivity contribution in [2.45, 2.75) is 26.9 Å². The number of furan rings is 1. The third-order valence-electron chi connectivity index (χ3n) is 5.92. The summed E-state index contributed by atoms with van der Waals surface area (Å²) in [4.78, 5) is 30.4. The molecule has 9 nitrogen and oxygen atoms in total. The molecular weight excluding hydrogens is 649 g/mol. The Balaban J connectivity index is 1.60. The molecule has 0 saturated carbocycles. The molecule has 0 bridgehead atoms. The molecule has 0 spiro atoms. The lowest BCUT2D eigenvalue weighted by Gasteiger charge is -2.16. The molecule has 42 heavy (non-hydrogen) atoms. The normalized spacial score (nSPS) is 11.6. The first-order valence-electron chi connectivity index (χ1n) is 12.9. The van der Waals surface area contributed by atoms with Crippen molar-refractivity contribution in [2.24, 2.45) is 5.10 Å². The van der Waals surface area contributed by atoms with Crippen molar-refractivity contribution in [3.05, 3.63) is 85.0 Å². The van der Waals surface area contributed by atoms with Crippen LogP contribution in [0, 0.1) is 0 Å². The maximum Gasteiger partial charge on any atom is 0.344 e. The van der Waals surface area contributed by atoms with E-state index in [-0.39, 0.29) is 35.1 Å². The maximum absolute atomic E-state index is 13.6. The average molecular weight is 673 g/mol. The van der Waals surface area contributed by atoms with Crippen LogP contribution < -0.4 is 15.0 Å². The molecule has 0 atom stereocenters. The van der Waals surface area contributed by atoms with Gasteiger partial charge in [0.15, 0.2) is 23.9 Å². The number of carbonyl (C=O) groups excluding carboxylic acids is 1. The van der Waals surface area contributed by atoms with E-state index in [0.717, 1.165) is 10.1 Å². The zero-order valence-corrected chi connectivity index (χ0v) is 25.8. The lowest BCUT2D eigenvalue weighted by atomic mass is 10.2. The zero-order chi connectivity index (χ0) is 30.0. The summed E-state index contributed by atoms with van der Waals surface area (Å²) in [5.74, 6) is 0.417. The highest BCUT2D eigenvalue weighted by Crippen LogP contribution is 2.42. The quantitative estimate of drug-likeness (QED) is 0.118. The van der Waals surface area contributed by atoms with Crippen molar-refractivity contribution in [3.8, 4) is 23.1 Å². The Morgan fingerprint density at radius 1 is 1.14 bits per heavy atom. The minimum absolute atomic E-state index is 0.151. The van der Waals surface area contributed by atoms with Crippen molar-refractivity contribution in [1.29, 1.82) is 0 Å². The molecule has 0 unspecified atom stereocenters. The standard InChI is InChI=1S/C30H24BrCl2N3O6/c1-4-39-23-13-18(26(31)27(33)28(23)40-15-25(37)41-16(2)3)14-34-36-29(35-21-8-6-5-7-20(21)30(36)38)24-12-17-11-19(32)9-10-22(17)42-24/h5-14,16H,4,15H2,1-3H3. The van der Waals surface area contributed by atoms with Crippen molar-refractivity contribution in [2.75, 3.05) is 13.2 Å². The molecule has 5 rings (SSSR count). The number of aromatic nitrogens is 2. The lowest BCUT2D eigenvalue weighted by molar-refractivity contribution is -0.149. The van der Waals surface area contributed by atoms with Gasteiger partial charge in [0.25, 0.3) is 5.56 Å². The van der Waals surface area contributed by atoms with Gasteiger partial charge in [0.2, 0.25) is 5.82 Å². The number of hydrogen-bond donors (Lipinski definition) is 0. The number of para-hydroxylation sites is 1. The summed E-state index contributed by atoms with van der Waals surface area (Å²) in [7, 11) is 0. The van der Waals surface area contributed by atoms with E-state index in [0.29, 0.717) is 43.9 Å². The van der Waals surface area contributed by atoms with Gasteiger partial charge in [-0.15, -0.1) is 0 Å². The number of ether oxygens (including phenoxy) is 3. The minimum Gasteiger partial charge on any atom is -0.490 e. The molecule has 0 saturated heterocycles. The molecule has 0 aliphatic rings. The van der Waals surface area contributed by atoms with Crippen LogP contribution in [0.25, 0.3) is 33.5 Å². The van der Waals surface area contributed by atoms with Crippen LogP contribution >= 0.6 is 39.1 Å². The van der Waals surface area contributed by atoms with Gasteiger partial charge in [0.1, 0.15) is 10.6 Å². The molecule has 0 amide bonds. The number of fused-ring (bicyclic) bond motifs is 2. The molecule has 0 aliphatic carbocycles. The summed E-state index contributed by atoms with van der Waals surface area (Å²) in [6.45, 7) is 5.23. The molecular formula is C30H24BrCl2N3O6. The highest BCUT2D eigenvalue weighted by molar-refractivity contribution is 9.10. The number of halogens is 3. The van der Waals surface area contributed by atoms with Gasteiger partial charge >= 0.3 is 5.97 Å². The van der Waals surface area contributed by atoms with Crippen molar-refractivity contribution >= 4 is 73.2 Å². The highest BCUT2D eigenvalue weighted by Gasteiger charge is 2.20. The summed E-state index contributed by atoms with van der Waals surface area (Å²) < 4.78 is 24.1. The Labute approximate surface area is 258 Å². The first-order chi connectivity index (χ1) is 20.2. The molecule has 2 heterocycles.